The van der Waals surface area contributed by atoms with Gasteiger partial charge >= 0.3 is 0 Å². The highest BCUT2D eigenvalue weighted by molar-refractivity contribution is 5.71. The van der Waals surface area contributed by atoms with E-state index in [0.717, 1.165) is 18.7 Å². The van der Waals surface area contributed by atoms with Gasteiger partial charge in [0.1, 0.15) is 5.69 Å². The van der Waals surface area contributed by atoms with Gasteiger partial charge in [-0.1, -0.05) is 19.3 Å². The van der Waals surface area contributed by atoms with Crippen LogP contribution < -0.4 is 0 Å². The molecule has 3 nitrogen and oxygen atoms in total. The van der Waals surface area contributed by atoms with Crippen LogP contribution in [0.5, 0.6) is 0 Å². The molecule has 1 heterocycles. The summed E-state index contributed by atoms with van der Waals surface area (Å²) in [6, 6.07) is 0. The van der Waals surface area contributed by atoms with Crippen LogP contribution in [0.4, 0.5) is 0 Å². The molecule has 0 spiro atoms. The van der Waals surface area contributed by atoms with Crippen LogP contribution in [0.1, 0.15) is 42.6 Å². The zero-order chi connectivity index (χ0) is 9.80. The highest BCUT2D eigenvalue weighted by atomic mass is 16.1. The van der Waals surface area contributed by atoms with E-state index in [2.05, 4.69) is 4.98 Å². The monoisotopic (exact) mass is 192 g/mol. The number of hydrogen-bond acceptors (Lipinski definition) is 2. The Morgan fingerprint density at radius 3 is 2.93 bits per heavy atom. The van der Waals surface area contributed by atoms with Crippen LogP contribution in [0.15, 0.2) is 12.5 Å². The Labute approximate surface area is 84.1 Å². The van der Waals surface area contributed by atoms with Crippen molar-refractivity contribution in [3.63, 3.8) is 0 Å². The minimum absolute atomic E-state index is 0.704. The van der Waals surface area contributed by atoms with Crippen molar-refractivity contribution in [2.24, 2.45) is 5.92 Å². The molecule has 1 saturated carbocycles. The molecule has 3 heteroatoms. The van der Waals surface area contributed by atoms with E-state index in [4.69, 9.17) is 0 Å². The van der Waals surface area contributed by atoms with E-state index in [1.807, 2.05) is 4.57 Å². The lowest BCUT2D eigenvalue weighted by Gasteiger charge is -2.22. The number of aldehydes is 1. The summed E-state index contributed by atoms with van der Waals surface area (Å²) in [6.45, 7) is 0.966. The van der Waals surface area contributed by atoms with Gasteiger partial charge < -0.3 is 4.57 Å². The van der Waals surface area contributed by atoms with E-state index in [0.29, 0.717) is 5.69 Å². The Bertz CT molecular complexity index is 300. The zero-order valence-corrected chi connectivity index (χ0v) is 8.35. The van der Waals surface area contributed by atoms with Gasteiger partial charge in [0.2, 0.25) is 0 Å². The molecule has 0 saturated heterocycles. The molecule has 0 bridgehead atoms. The van der Waals surface area contributed by atoms with Gasteiger partial charge in [-0.15, -0.1) is 0 Å². The van der Waals surface area contributed by atoms with Crippen LogP contribution >= 0.6 is 0 Å². The Morgan fingerprint density at radius 2 is 2.21 bits per heavy atom. The van der Waals surface area contributed by atoms with E-state index in [1.54, 1.807) is 12.5 Å². The van der Waals surface area contributed by atoms with Crippen LogP contribution in [0, 0.1) is 5.92 Å². The van der Waals surface area contributed by atoms with Gasteiger partial charge in [-0.05, 0) is 18.8 Å². The van der Waals surface area contributed by atoms with Crippen LogP contribution in [0.2, 0.25) is 0 Å². The normalized spacial score (nSPS) is 18.3. The third-order valence-corrected chi connectivity index (χ3v) is 3.04. The Balaban J connectivity index is 1.98. The fraction of sp³-hybridized carbons (Fsp3) is 0.636. The minimum Gasteiger partial charge on any atom is -0.328 e. The van der Waals surface area contributed by atoms with Crippen molar-refractivity contribution in [3.8, 4) is 0 Å². The molecule has 0 radical (unpaired) electrons. The Hall–Kier alpha value is -1.12. The molecule has 2 rings (SSSR count). The van der Waals surface area contributed by atoms with Gasteiger partial charge in [-0.2, -0.15) is 0 Å². The average molecular weight is 192 g/mol. The Morgan fingerprint density at radius 1 is 1.43 bits per heavy atom. The summed E-state index contributed by atoms with van der Waals surface area (Å²) >= 11 is 0. The molecule has 0 aliphatic heterocycles. The first kappa shape index (κ1) is 9.44. The van der Waals surface area contributed by atoms with Crippen molar-refractivity contribution in [1.82, 2.24) is 9.55 Å². The Kier molecular flexibility index (Phi) is 2.96. The van der Waals surface area contributed by atoms with E-state index >= 15 is 0 Å². The summed E-state index contributed by atoms with van der Waals surface area (Å²) in [7, 11) is 0. The number of aromatic nitrogens is 2. The van der Waals surface area contributed by atoms with Gasteiger partial charge in [-0.3, -0.25) is 4.79 Å². The second kappa shape index (κ2) is 4.40. The molecular weight excluding hydrogens is 176 g/mol. The smallest absolute Gasteiger partial charge is 0.168 e. The molecule has 0 unspecified atom stereocenters. The summed E-state index contributed by atoms with van der Waals surface area (Å²) < 4.78 is 1.98. The molecule has 14 heavy (non-hydrogen) atoms. The van der Waals surface area contributed by atoms with E-state index in [1.165, 1.54) is 32.1 Å². The maximum absolute atomic E-state index is 10.7. The van der Waals surface area contributed by atoms with Crippen LogP contribution in [-0.2, 0) is 6.54 Å². The van der Waals surface area contributed by atoms with Gasteiger partial charge in [0.05, 0.1) is 12.5 Å². The summed E-state index contributed by atoms with van der Waals surface area (Å²) in [5.74, 6) is 0.747. The molecule has 1 aromatic rings. The number of carbonyl (C=O) groups is 1. The van der Waals surface area contributed by atoms with Crippen molar-refractivity contribution in [3.05, 3.63) is 18.2 Å². The number of rotatable bonds is 3. The van der Waals surface area contributed by atoms with Crippen LogP contribution in [0.25, 0.3) is 0 Å². The fourth-order valence-corrected chi connectivity index (χ4v) is 2.23. The number of imidazole rings is 1. The molecule has 0 aromatic carbocycles. The lowest BCUT2D eigenvalue weighted by molar-refractivity contribution is 0.111. The van der Waals surface area contributed by atoms with Gasteiger partial charge in [0, 0.05) is 6.54 Å². The first-order chi connectivity index (χ1) is 6.90. The maximum Gasteiger partial charge on any atom is 0.168 e. The number of carbonyl (C=O) groups excluding carboxylic acids is 1. The number of nitrogens with zero attached hydrogens (tertiary/aromatic N) is 2. The average Bonchev–Trinajstić information content (AvgIpc) is 2.67. The second-order valence-corrected chi connectivity index (χ2v) is 4.09. The molecule has 76 valence electrons. The highest BCUT2D eigenvalue weighted by Crippen LogP contribution is 2.25. The third kappa shape index (κ3) is 2.03. The predicted octanol–water partition coefficient (Wildman–Crippen LogP) is 2.28. The molecule has 1 aliphatic carbocycles. The SMILES string of the molecule is O=Cc1cncn1CC1CCCCC1. The van der Waals surface area contributed by atoms with Gasteiger partial charge in [0.25, 0.3) is 0 Å². The molecule has 1 aliphatic rings. The first-order valence-corrected chi connectivity index (χ1v) is 5.35. The summed E-state index contributed by atoms with van der Waals surface area (Å²) in [6.07, 6.45) is 10.9. The van der Waals surface area contributed by atoms with Crippen molar-refractivity contribution < 1.29 is 4.79 Å². The highest BCUT2D eigenvalue weighted by Gasteiger charge is 2.14. The predicted molar refractivity (Wildman–Crippen MR) is 54.2 cm³/mol. The van der Waals surface area contributed by atoms with Crippen molar-refractivity contribution in [2.45, 2.75) is 38.6 Å². The first-order valence-electron chi connectivity index (χ1n) is 5.35. The lowest BCUT2D eigenvalue weighted by atomic mass is 9.89. The summed E-state index contributed by atoms with van der Waals surface area (Å²) in [4.78, 5) is 14.7. The van der Waals surface area contributed by atoms with E-state index in [-0.39, 0.29) is 0 Å². The van der Waals surface area contributed by atoms with Crippen molar-refractivity contribution >= 4 is 6.29 Å². The quantitative estimate of drug-likeness (QED) is 0.688. The minimum atomic E-state index is 0.704. The van der Waals surface area contributed by atoms with Crippen LogP contribution in [0.3, 0.4) is 0 Å². The molecule has 1 aromatic heterocycles. The summed E-state index contributed by atoms with van der Waals surface area (Å²) in [5.41, 5.74) is 0.704. The lowest BCUT2D eigenvalue weighted by Crippen LogP contribution is -2.14. The molecule has 0 N–H and O–H groups in total. The second-order valence-electron chi connectivity index (χ2n) is 4.09. The van der Waals surface area contributed by atoms with Crippen LogP contribution in [-0.4, -0.2) is 15.8 Å². The largest absolute Gasteiger partial charge is 0.328 e. The zero-order valence-electron chi connectivity index (χ0n) is 8.35. The molecular formula is C11H16N2O. The molecule has 0 amide bonds. The topological polar surface area (TPSA) is 34.9 Å². The third-order valence-electron chi connectivity index (χ3n) is 3.04. The molecule has 1 fully saturated rings. The van der Waals surface area contributed by atoms with E-state index < -0.39 is 0 Å². The maximum atomic E-state index is 10.7. The van der Waals surface area contributed by atoms with Crippen molar-refractivity contribution in [2.75, 3.05) is 0 Å². The van der Waals surface area contributed by atoms with Gasteiger partial charge in [-0.25, -0.2) is 4.98 Å². The molecule has 0 atom stereocenters. The fourth-order valence-electron chi connectivity index (χ4n) is 2.23. The van der Waals surface area contributed by atoms with Crippen molar-refractivity contribution in [1.29, 1.82) is 0 Å². The summed E-state index contributed by atoms with van der Waals surface area (Å²) in [5, 5.41) is 0. The number of hydrogen-bond donors (Lipinski definition) is 0. The van der Waals surface area contributed by atoms with Gasteiger partial charge in [0.15, 0.2) is 6.29 Å². The standard InChI is InChI=1S/C11H16N2O/c14-8-11-6-12-9-13(11)7-10-4-2-1-3-5-10/h6,8-10H,1-5,7H2. The van der Waals surface area contributed by atoms with E-state index in [9.17, 15) is 4.79 Å².